The van der Waals surface area contributed by atoms with E-state index in [0.717, 1.165) is 24.8 Å². The van der Waals surface area contributed by atoms with Gasteiger partial charge in [-0.05, 0) is 43.4 Å². The molecule has 0 spiro atoms. The van der Waals surface area contributed by atoms with Gasteiger partial charge in [-0.1, -0.05) is 12.1 Å². The molecule has 1 aliphatic heterocycles. The van der Waals surface area contributed by atoms with Crippen molar-refractivity contribution in [1.82, 2.24) is 5.32 Å². The van der Waals surface area contributed by atoms with Crippen LogP contribution in [0, 0.1) is 12.7 Å². The molecule has 0 saturated carbocycles. The molecule has 4 heteroatoms. The van der Waals surface area contributed by atoms with Crippen molar-refractivity contribution < 1.29 is 13.9 Å². The average molecular weight is 251 g/mol. The van der Waals surface area contributed by atoms with Crippen LogP contribution in [0.3, 0.4) is 0 Å². The van der Waals surface area contributed by atoms with Gasteiger partial charge >= 0.3 is 0 Å². The molecule has 2 rings (SSSR count). The molecule has 3 nitrogen and oxygen atoms in total. The molecule has 1 N–H and O–H groups in total. The number of carbonyl (C=O) groups is 1. The maximum absolute atomic E-state index is 13.1. The summed E-state index contributed by atoms with van der Waals surface area (Å²) in [6.45, 7) is 2.79. The van der Waals surface area contributed by atoms with Crippen LogP contribution in [0.25, 0.3) is 0 Å². The fourth-order valence-electron chi connectivity index (χ4n) is 2.07. The molecule has 0 radical (unpaired) electrons. The van der Waals surface area contributed by atoms with E-state index in [1.807, 2.05) is 0 Å². The molecule has 1 aromatic rings. The molecule has 1 saturated heterocycles. The smallest absolute Gasteiger partial charge is 0.249 e. The van der Waals surface area contributed by atoms with Crippen LogP contribution in [0.5, 0.6) is 0 Å². The Hall–Kier alpha value is -1.42. The van der Waals surface area contributed by atoms with E-state index in [4.69, 9.17) is 4.74 Å². The molecule has 0 bridgehead atoms. The predicted octanol–water partition coefficient (Wildman–Crippen LogP) is 2.32. The predicted molar refractivity (Wildman–Crippen MR) is 66.6 cm³/mol. The Labute approximate surface area is 106 Å². The van der Waals surface area contributed by atoms with E-state index in [2.05, 4.69) is 5.32 Å². The topological polar surface area (TPSA) is 38.3 Å². The molecular formula is C14H18FNO2. The number of benzene rings is 1. The molecule has 1 aromatic carbocycles. The van der Waals surface area contributed by atoms with Gasteiger partial charge in [-0.2, -0.15) is 0 Å². The van der Waals surface area contributed by atoms with Gasteiger partial charge in [0.1, 0.15) is 11.9 Å². The molecule has 1 aliphatic rings. The first-order valence-corrected chi connectivity index (χ1v) is 6.31. The second-order valence-electron chi connectivity index (χ2n) is 4.66. The highest BCUT2D eigenvalue weighted by Crippen LogP contribution is 2.13. The molecule has 0 unspecified atom stereocenters. The number of rotatable bonds is 3. The summed E-state index contributed by atoms with van der Waals surface area (Å²) in [4.78, 5) is 11.8. The van der Waals surface area contributed by atoms with Crippen LogP contribution >= 0.6 is 0 Å². The van der Waals surface area contributed by atoms with Gasteiger partial charge in [0.25, 0.3) is 0 Å². The summed E-state index contributed by atoms with van der Waals surface area (Å²) in [5, 5.41) is 2.83. The summed E-state index contributed by atoms with van der Waals surface area (Å²) >= 11 is 0. The molecule has 98 valence electrons. The molecule has 1 fully saturated rings. The Balaban J connectivity index is 1.86. The summed E-state index contributed by atoms with van der Waals surface area (Å²) < 4.78 is 18.5. The first-order valence-electron chi connectivity index (χ1n) is 6.31. The van der Waals surface area contributed by atoms with Gasteiger partial charge in [0.2, 0.25) is 5.91 Å². The SMILES string of the molecule is Cc1cc(CNC(=O)[C@H]2CCCCO2)ccc1F. The Morgan fingerprint density at radius 3 is 3.00 bits per heavy atom. The van der Waals surface area contributed by atoms with Crippen molar-refractivity contribution >= 4 is 5.91 Å². The van der Waals surface area contributed by atoms with Crippen LogP contribution in [0.2, 0.25) is 0 Å². The highest BCUT2D eigenvalue weighted by molar-refractivity contribution is 5.80. The van der Waals surface area contributed by atoms with Gasteiger partial charge < -0.3 is 10.1 Å². The third-order valence-corrected chi connectivity index (χ3v) is 3.16. The largest absolute Gasteiger partial charge is 0.368 e. The molecule has 18 heavy (non-hydrogen) atoms. The Bertz CT molecular complexity index is 428. The first-order chi connectivity index (χ1) is 8.66. The lowest BCUT2D eigenvalue weighted by molar-refractivity contribution is -0.135. The van der Waals surface area contributed by atoms with Crippen LogP contribution < -0.4 is 5.32 Å². The zero-order valence-electron chi connectivity index (χ0n) is 10.5. The van der Waals surface area contributed by atoms with E-state index < -0.39 is 0 Å². The number of hydrogen-bond donors (Lipinski definition) is 1. The number of carbonyl (C=O) groups excluding carboxylic acids is 1. The van der Waals surface area contributed by atoms with Gasteiger partial charge in [0, 0.05) is 13.2 Å². The molecular weight excluding hydrogens is 233 g/mol. The number of amides is 1. The normalized spacial score (nSPS) is 19.6. The van der Waals surface area contributed by atoms with Gasteiger partial charge in [-0.3, -0.25) is 4.79 Å². The summed E-state index contributed by atoms with van der Waals surface area (Å²) in [6.07, 6.45) is 2.53. The van der Waals surface area contributed by atoms with Crippen molar-refractivity contribution in [2.45, 2.75) is 38.8 Å². The van der Waals surface area contributed by atoms with Gasteiger partial charge in [-0.15, -0.1) is 0 Å². The molecule has 1 amide bonds. The van der Waals surface area contributed by atoms with E-state index in [1.165, 1.54) is 6.07 Å². The first kappa shape index (κ1) is 13.0. The molecule has 0 aromatic heterocycles. The van der Waals surface area contributed by atoms with Crippen molar-refractivity contribution in [2.75, 3.05) is 6.61 Å². The van der Waals surface area contributed by atoms with Gasteiger partial charge in [-0.25, -0.2) is 4.39 Å². The number of hydrogen-bond acceptors (Lipinski definition) is 2. The number of ether oxygens (including phenoxy) is 1. The third-order valence-electron chi connectivity index (χ3n) is 3.16. The zero-order valence-corrected chi connectivity index (χ0v) is 10.5. The minimum atomic E-state index is -0.319. The van der Waals surface area contributed by atoms with Crippen molar-refractivity contribution in [3.05, 3.63) is 35.1 Å². The van der Waals surface area contributed by atoms with E-state index in [-0.39, 0.29) is 17.8 Å². The number of halogens is 1. The summed E-state index contributed by atoms with van der Waals surface area (Å²) in [5.41, 5.74) is 1.49. The van der Waals surface area contributed by atoms with Crippen LogP contribution in [0.4, 0.5) is 4.39 Å². The van der Waals surface area contributed by atoms with Crippen molar-refractivity contribution in [2.24, 2.45) is 0 Å². The second kappa shape index (κ2) is 5.96. The number of aryl methyl sites for hydroxylation is 1. The van der Waals surface area contributed by atoms with Crippen LogP contribution in [-0.2, 0) is 16.1 Å². The highest BCUT2D eigenvalue weighted by Gasteiger charge is 2.21. The van der Waals surface area contributed by atoms with Gasteiger partial charge in [0.15, 0.2) is 0 Å². The minimum Gasteiger partial charge on any atom is -0.368 e. The standard InChI is InChI=1S/C14H18FNO2/c1-10-8-11(5-6-12(10)15)9-16-14(17)13-4-2-3-7-18-13/h5-6,8,13H,2-4,7,9H2,1H3,(H,16,17)/t13-/m1/s1. The van der Waals surface area contributed by atoms with Gasteiger partial charge in [0.05, 0.1) is 0 Å². The number of nitrogens with one attached hydrogen (secondary N) is 1. The summed E-state index contributed by atoms with van der Waals surface area (Å²) in [6, 6.07) is 4.86. The quantitative estimate of drug-likeness (QED) is 0.895. The molecule has 0 aliphatic carbocycles. The van der Waals surface area contributed by atoms with Crippen molar-refractivity contribution in [1.29, 1.82) is 0 Å². The van der Waals surface area contributed by atoms with E-state index in [1.54, 1.807) is 19.1 Å². The fraction of sp³-hybridized carbons (Fsp3) is 0.500. The van der Waals surface area contributed by atoms with E-state index >= 15 is 0 Å². The lowest BCUT2D eigenvalue weighted by Crippen LogP contribution is -2.37. The average Bonchev–Trinajstić information content (AvgIpc) is 2.41. The van der Waals surface area contributed by atoms with E-state index in [0.29, 0.717) is 18.7 Å². The lowest BCUT2D eigenvalue weighted by Gasteiger charge is -2.21. The molecule has 1 heterocycles. The van der Waals surface area contributed by atoms with Crippen LogP contribution in [-0.4, -0.2) is 18.6 Å². The highest BCUT2D eigenvalue weighted by atomic mass is 19.1. The lowest BCUT2D eigenvalue weighted by atomic mass is 10.1. The summed E-state index contributed by atoms with van der Waals surface area (Å²) in [7, 11) is 0. The van der Waals surface area contributed by atoms with Crippen molar-refractivity contribution in [3.8, 4) is 0 Å². The van der Waals surface area contributed by atoms with Crippen LogP contribution in [0.1, 0.15) is 30.4 Å². The van der Waals surface area contributed by atoms with Crippen molar-refractivity contribution in [3.63, 3.8) is 0 Å². The second-order valence-corrected chi connectivity index (χ2v) is 4.66. The third kappa shape index (κ3) is 3.29. The Morgan fingerprint density at radius 2 is 2.33 bits per heavy atom. The monoisotopic (exact) mass is 251 g/mol. The fourth-order valence-corrected chi connectivity index (χ4v) is 2.07. The maximum Gasteiger partial charge on any atom is 0.249 e. The maximum atomic E-state index is 13.1. The Kier molecular flexibility index (Phi) is 4.31. The zero-order chi connectivity index (χ0) is 13.0. The summed E-state index contributed by atoms with van der Waals surface area (Å²) in [5.74, 6) is -0.294. The van der Waals surface area contributed by atoms with Crippen LogP contribution in [0.15, 0.2) is 18.2 Å². The molecule has 1 atom stereocenters. The minimum absolute atomic E-state index is 0.0725. The Morgan fingerprint density at radius 1 is 1.50 bits per heavy atom. The van der Waals surface area contributed by atoms with E-state index in [9.17, 15) is 9.18 Å².